The number of hydrogen-bond donors (Lipinski definition) is 1. The zero-order chi connectivity index (χ0) is 15.4. The fraction of sp³-hybridized carbons (Fsp3) is 0.588. The Morgan fingerprint density at radius 1 is 1.23 bits per heavy atom. The standard InChI is InChI=1S/C17H24N2O2S/c1-21-15-2-4-16(5-3-15)22-12-17(20)19-8-6-13-10-18-11-14(13)7-9-19/h2-5,13-14,18H,6-12H2,1H3/t13-,14+. The molecule has 0 aliphatic carbocycles. The number of carbonyl (C=O) groups excluding carboxylic acids is 1. The lowest BCUT2D eigenvalue weighted by Gasteiger charge is -2.20. The van der Waals surface area contributed by atoms with Crippen LogP contribution in [-0.2, 0) is 4.79 Å². The Kier molecular flexibility index (Phi) is 5.26. The zero-order valence-electron chi connectivity index (χ0n) is 13.1. The summed E-state index contributed by atoms with van der Waals surface area (Å²) in [5.41, 5.74) is 0. The summed E-state index contributed by atoms with van der Waals surface area (Å²) < 4.78 is 5.15. The highest BCUT2D eigenvalue weighted by atomic mass is 32.2. The first-order valence-corrected chi connectivity index (χ1v) is 9.00. The maximum Gasteiger partial charge on any atom is 0.232 e. The fourth-order valence-corrected chi connectivity index (χ4v) is 4.18. The third-order valence-corrected chi connectivity index (χ3v) is 5.79. The lowest BCUT2D eigenvalue weighted by atomic mass is 9.92. The van der Waals surface area contributed by atoms with Gasteiger partial charge in [-0.25, -0.2) is 0 Å². The number of ether oxygens (including phenoxy) is 1. The second-order valence-electron chi connectivity index (χ2n) is 6.10. The van der Waals surface area contributed by atoms with Gasteiger partial charge in [-0.3, -0.25) is 4.79 Å². The van der Waals surface area contributed by atoms with Gasteiger partial charge in [0.05, 0.1) is 12.9 Å². The normalized spacial score (nSPS) is 24.7. The summed E-state index contributed by atoms with van der Waals surface area (Å²) in [6.45, 7) is 4.11. The van der Waals surface area contributed by atoms with E-state index in [0.29, 0.717) is 5.75 Å². The Bertz CT molecular complexity index is 492. The van der Waals surface area contributed by atoms with Gasteiger partial charge in [0.2, 0.25) is 5.91 Å². The van der Waals surface area contributed by atoms with Gasteiger partial charge in [0, 0.05) is 18.0 Å². The highest BCUT2D eigenvalue weighted by molar-refractivity contribution is 8.00. The van der Waals surface area contributed by atoms with E-state index in [1.807, 2.05) is 24.3 Å². The van der Waals surface area contributed by atoms with Gasteiger partial charge in [0.1, 0.15) is 5.75 Å². The molecule has 2 aliphatic rings. The molecule has 1 aromatic carbocycles. The topological polar surface area (TPSA) is 41.6 Å². The van der Waals surface area contributed by atoms with E-state index in [4.69, 9.17) is 4.74 Å². The Balaban J connectivity index is 1.48. The summed E-state index contributed by atoms with van der Waals surface area (Å²) in [6, 6.07) is 7.89. The third kappa shape index (κ3) is 3.76. The van der Waals surface area contributed by atoms with Crippen molar-refractivity contribution in [1.29, 1.82) is 0 Å². The number of methoxy groups -OCH3 is 1. The molecular weight excluding hydrogens is 296 g/mol. The van der Waals surface area contributed by atoms with Crippen molar-refractivity contribution < 1.29 is 9.53 Å². The van der Waals surface area contributed by atoms with E-state index in [-0.39, 0.29) is 5.91 Å². The maximum absolute atomic E-state index is 12.4. The maximum atomic E-state index is 12.4. The van der Waals surface area contributed by atoms with Crippen molar-refractivity contribution in [2.45, 2.75) is 17.7 Å². The number of rotatable bonds is 4. The van der Waals surface area contributed by atoms with E-state index in [2.05, 4.69) is 10.2 Å². The van der Waals surface area contributed by atoms with Crippen LogP contribution in [0.25, 0.3) is 0 Å². The monoisotopic (exact) mass is 320 g/mol. The molecule has 0 spiro atoms. The van der Waals surface area contributed by atoms with Crippen molar-refractivity contribution in [3.05, 3.63) is 24.3 Å². The summed E-state index contributed by atoms with van der Waals surface area (Å²) in [4.78, 5) is 15.6. The lowest BCUT2D eigenvalue weighted by molar-refractivity contribution is -0.128. The molecular formula is C17H24N2O2S. The second kappa shape index (κ2) is 7.38. The first kappa shape index (κ1) is 15.7. The predicted molar refractivity (Wildman–Crippen MR) is 89.4 cm³/mol. The molecule has 2 atom stereocenters. The molecule has 2 fully saturated rings. The van der Waals surface area contributed by atoms with E-state index in [1.54, 1.807) is 18.9 Å². The number of amides is 1. The van der Waals surface area contributed by atoms with E-state index < -0.39 is 0 Å². The Hall–Kier alpha value is -1.20. The third-order valence-electron chi connectivity index (χ3n) is 4.79. The minimum absolute atomic E-state index is 0.272. The summed E-state index contributed by atoms with van der Waals surface area (Å²) in [5, 5.41) is 3.47. The minimum atomic E-state index is 0.272. The molecule has 2 heterocycles. The average molecular weight is 320 g/mol. The van der Waals surface area contributed by atoms with Crippen LogP contribution in [0, 0.1) is 11.8 Å². The van der Waals surface area contributed by atoms with E-state index in [1.165, 1.54) is 0 Å². The molecule has 22 heavy (non-hydrogen) atoms. The SMILES string of the molecule is COc1ccc(SCC(=O)N2CC[C@@H]3CNC[C@@H]3CC2)cc1. The number of thioether (sulfide) groups is 1. The average Bonchev–Trinajstić information content (AvgIpc) is 2.91. The van der Waals surface area contributed by atoms with Crippen molar-refractivity contribution >= 4 is 17.7 Å². The van der Waals surface area contributed by atoms with Crippen LogP contribution in [0.1, 0.15) is 12.8 Å². The summed E-state index contributed by atoms with van der Waals surface area (Å²) in [5.74, 6) is 3.19. The molecule has 0 unspecified atom stereocenters. The molecule has 1 N–H and O–H groups in total. The molecule has 2 aliphatic heterocycles. The molecule has 5 heteroatoms. The predicted octanol–water partition coefficient (Wildman–Crippen LogP) is 2.25. The molecule has 0 radical (unpaired) electrons. The zero-order valence-corrected chi connectivity index (χ0v) is 13.9. The highest BCUT2D eigenvalue weighted by Crippen LogP contribution is 2.28. The van der Waals surface area contributed by atoms with Crippen LogP contribution in [0.4, 0.5) is 0 Å². The van der Waals surface area contributed by atoms with Crippen LogP contribution in [0.3, 0.4) is 0 Å². The molecule has 120 valence electrons. The Labute approximate surface area is 136 Å². The number of likely N-dealkylation sites (tertiary alicyclic amines) is 1. The number of nitrogens with zero attached hydrogens (tertiary/aromatic N) is 1. The molecule has 0 saturated carbocycles. The Morgan fingerprint density at radius 3 is 2.45 bits per heavy atom. The van der Waals surface area contributed by atoms with Crippen LogP contribution in [0.5, 0.6) is 5.75 Å². The van der Waals surface area contributed by atoms with Crippen molar-refractivity contribution in [2.75, 3.05) is 39.0 Å². The number of hydrogen-bond acceptors (Lipinski definition) is 4. The Morgan fingerprint density at radius 2 is 1.86 bits per heavy atom. The van der Waals surface area contributed by atoms with Crippen LogP contribution in [-0.4, -0.2) is 49.8 Å². The van der Waals surface area contributed by atoms with Crippen LogP contribution in [0.15, 0.2) is 29.2 Å². The lowest BCUT2D eigenvalue weighted by Crippen LogP contribution is -2.34. The van der Waals surface area contributed by atoms with E-state index >= 15 is 0 Å². The van der Waals surface area contributed by atoms with Crippen LogP contribution < -0.4 is 10.1 Å². The van der Waals surface area contributed by atoms with Gasteiger partial charge >= 0.3 is 0 Å². The highest BCUT2D eigenvalue weighted by Gasteiger charge is 2.31. The molecule has 1 amide bonds. The van der Waals surface area contributed by atoms with Gasteiger partial charge in [-0.1, -0.05) is 0 Å². The van der Waals surface area contributed by atoms with E-state index in [9.17, 15) is 4.79 Å². The van der Waals surface area contributed by atoms with Gasteiger partial charge in [-0.05, 0) is 62.0 Å². The minimum Gasteiger partial charge on any atom is -0.497 e. The van der Waals surface area contributed by atoms with Gasteiger partial charge in [0.15, 0.2) is 0 Å². The number of fused-ring (bicyclic) bond motifs is 1. The second-order valence-corrected chi connectivity index (χ2v) is 7.15. The quantitative estimate of drug-likeness (QED) is 0.864. The van der Waals surface area contributed by atoms with Crippen LogP contribution in [0.2, 0.25) is 0 Å². The number of benzene rings is 1. The number of carbonyl (C=O) groups is 1. The van der Waals surface area contributed by atoms with E-state index in [0.717, 1.165) is 61.5 Å². The molecule has 2 saturated heterocycles. The fourth-order valence-electron chi connectivity index (χ4n) is 3.38. The first-order chi connectivity index (χ1) is 10.8. The molecule has 3 rings (SSSR count). The van der Waals surface area contributed by atoms with Gasteiger partial charge in [0.25, 0.3) is 0 Å². The van der Waals surface area contributed by atoms with Gasteiger partial charge in [-0.15, -0.1) is 11.8 Å². The number of nitrogens with one attached hydrogen (secondary N) is 1. The largest absolute Gasteiger partial charge is 0.497 e. The molecule has 0 bridgehead atoms. The van der Waals surface area contributed by atoms with Crippen molar-refractivity contribution in [3.63, 3.8) is 0 Å². The van der Waals surface area contributed by atoms with Gasteiger partial charge < -0.3 is 15.0 Å². The van der Waals surface area contributed by atoms with Crippen molar-refractivity contribution in [2.24, 2.45) is 11.8 Å². The summed E-state index contributed by atoms with van der Waals surface area (Å²) >= 11 is 1.61. The van der Waals surface area contributed by atoms with Crippen LogP contribution >= 0.6 is 11.8 Å². The van der Waals surface area contributed by atoms with Crippen molar-refractivity contribution in [1.82, 2.24) is 10.2 Å². The van der Waals surface area contributed by atoms with Gasteiger partial charge in [-0.2, -0.15) is 0 Å². The molecule has 1 aromatic rings. The van der Waals surface area contributed by atoms with Crippen molar-refractivity contribution in [3.8, 4) is 5.75 Å². The smallest absolute Gasteiger partial charge is 0.232 e. The summed E-state index contributed by atoms with van der Waals surface area (Å²) in [6.07, 6.45) is 2.30. The molecule has 4 nitrogen and oxygen atoms in total. The first-order valence-electron chi connectivity index (χ1n) is 8.01. The molecule has 0 aromatic heterocycles. The summed E-state index contributed by atoms with van der Waals surface area (Å²) in [7, 11) is 1.66.